The molecule has 5 unspecified atom stereocenters. The molecule has 5 nitrogen and oxygen atoms in total. The summed E-state index contributed by atoms with van der Waals surface area (Å²) < 4.78 is 6.95. The van der Waals surface area contributed by atoms with E-state index in [0.717, 1.165) is 54.5 Å². The number of nitrogens with zero attached hydrogens (tertiary/aromatic N) is 1. The van der Waals surface area contributed by atoms with Gasteiger partial charge in [0.1, 0.15) is 22.9 Å². The lowest BCUT2D eigenvalue weighted by Crippen LogP contribution is -2.66. The van der Waals surface area contributed by atoms with Crippen molar-refractivity contribution in [2.24, 2.45) is 33.4 Å². The van der Waals surface area contributed by atoms with Crippen molar-refractivity contribution in [2.75, 3.05) is 0 Å². The number of ether oxygens (including phenoxy) is 1. The molecule has 2 saturated carbocycles. The Morgan fingerprint density at radius 3 is 2.68 bits per heavy atom. The van der Waals surface area contributed by atoms with E-state index in [4.69, 9.17) is 10.5 Å². The first-order valence-electron chi connectivity index (χ1n) is 10.7. The van der Waals surface area contributed by atoms with Gasteiger partial charge in [0.05, 0.1) is 12.6 Å². The molecule has 5 atom stereocenters. The Labute approximate surface area is 167 Å². The van der Waals surface area contributed by atoms with Crippen LogP contribution in [0.3, 0.4) is 0 Å². The Balaban J connectivity index is 1.64. The molecule has 2 aliphatic carbocycles. The first-order chi connectivity index (χ1) is 13.1. The number of nitrogens with two attached hydrogens (primary N) is 1. The Morgan fingerprint density at radius 1 is 1.18 bits per heavy atom. The van der Waals surface area contributed by atoms with E-state index >= 15 is 0 Å². The minimum Gasteiger partial charge on any atom is -0.508 e. The fourth-order valence-electron chi connectivity index (χ4n) is 7.18. The van der Waals surface area contributed by atoms with E-state index in [0.29, 0.717) is 24.2 Å². The third kappa shape index (κ3) is 1.99. The van der Waals surface area contributed by atoms with Crippen LogP contribution in [0.1, 0.15) is 70.1 Å². The summed E-state index contributed by atoms with van der Waals surface area (Å²) in [5.41, 5.74) is 8.24. The molecule has 2 aliphatic heterocycles. The smallest absolute Gasteiger partial charge is 0.133 e. The largest absolute Gasteiger partial charge is 0.508 e. The van der Waals surface area contributed by atoms with Gasteiger partial charge in [0, 0.05) is 28.5 Å². The summed E-state index contributed by atoms with van der Waals surface area (Å²) in [6.07, 6.45) is 4.39. The Kier molecular flexibility index (Phi) is 3.55. The van der Waals surface area contributed by atoms with Crippen LogP contribution < -0.4 is 10.5 Å². The van der Waals surface area contributed by atoms with Crippen LogP contribution in [-0.4, -0.2) is 27.8 Å². The lowest BCUT2D eigenvalue weighted by Gasteiger charge is -2.64. The van der Waals surface area contributed by atoms with Gasteiger partial charge in [-0.2, -0.15) is 0 Å². The fraction of sp³-hybridized carbons (Fsp3) is 0.696. The Morgan fingerprint density at radius 2 is 1.93 bits per heavy atom. The van der Waals surface area contributed by atoms with Crippen molar-refractivity contribution in [3.05, 3.63) is 22.8 Å². The zero-order valence-corrected chi connectivity index (χ0v) is 17.4. The van der Waals surface area contributed by atoms with Crippen molar-refractivity contribution in [2.45, 2.75) is 78.0 Å². The van der Waals surface area contributed by atoms with Crippen molar-refractivity contribution in [1.82, 2.24) is 0 Å². The predicted molar refractivity (Wildman–Crippen MR) is 109 cm³/mol. The quantitative estimate of drug-likeness (QED) is 0.639. The van der Waals surface area contributed by atoms with Gasteiger partial charge in [-0.1, -0.05) is 27.7 Å². The Bertz CT molecular complexity index is 892. The SMILES string of the molecule is CC1CCC2C(C)(C)C(O)CCC2(C)C12Cc1c(O)cc3c(c1O2)CN=C3N. The van der Waals surface area contributed by atoms with Crippen molar-refractivity contribution < 1.29 is 14.9 Å². The number of rotatable bonds is 0. The van der Waals surface area contributed by atoms with Crippen LogP contribution in [0.25, 0.3) is 0 Å². The standard InChI is InChI=1S/C23H32N2O3/c1-12-5-6-17-21(2,3)18(27)7-8-22(17,4)23(12)10-14-16(26)9-13-15(19(14)28-23)11-25-20(13)24/h9,12,17-18,26-27H,5-8,10-11H2,1-4H3,(H2,24,25). The number of aliphatic hydroxyl groups excluding tert-OH is 1. The van der Waals surface area contributed by atoms with Gasteiger partial charge in [-0.15, -0.1) is 0 Å². The van der Waals surface area contributed by atoms with Crippen LogP contribution in [0.2, 0.25) is 0 Å². The lowest BCUT2D eigenvalue weighted by atomic mass is 9.43. The normalized spacial score (nSPS) is 40.5. The second kappa shape index (κ2) is 5.44. The van der Waals surface area contributed by atoms with E-state index in [2.05, 4.69) is 32.7 Å². The van der Waals surface area contributed by atoms with Crippen LogP contribution in [0.15, 0.2) is 11.1 Å². The molecule has 0 saturated heterocycles. The number of phenolic OH excluding ortho intramolecular Hbond substituents is 1. The van der Waals surface area contributed by atoms with Crippen molar-refractivity contribution in [1.29, 1.82) is 0 Å². The zero-order chi connectivity index (χ0) is 20.1. The molecular formula is C23H32N2O3. The fourth-order valence-corrected chi connectivity index (χ4v) is 7.18. The van der Waals surface area contributed by atoms with E-state index in [1.807, 2.05) is 0 Å². The highest BCUT2D eigenvalue weighted by atomic mass is 16.5. The van der Waals surface area contributed by atoms with E-state index in [-0.39, 0.29) is 28.3 Å². The summed E-state index contributed by atoms with van der Waals surface area (Å²) in [4.78, 5) is 4.38. The third-order valence-corrected chi connectivity index (χ3v) is 8.98. The van der Waals surface area contributed by atoms with Crippen molar-refractivity contribution >= 4 is 5.84 Å². The number of aliphatic imine (C=N–C) groups is 1. The molecule has 5 heteroatoms. The predicted octanol–water partition coefficient (Wildman–Crippen LogP) is 3.52. The molecule has 4 aliphatic rings. The number of hydrogen-bond donors (Lipinski definition) is 3. The first kappa shape index (κ1) is 18.3. The third-order valence-electron chi connectivity index (χ3n) is 8.98. The summed E-state index contributed by atoms with van der Waals surface area (Å²) in [7, 11) is 0. The molecule has 4 N–H and O–H groups in total. The van der Waals surface area contributed by atoms with E-state index in [9.17, 15) is 10.2 Å². The highest BCUT2D eigenvalue weighted by molar-refractivity contribution is 6.02. The molecule has 0 aromatic heterocycles. The molecule has 28 heavy (non-hydrogen) atoms. The minimum absolute atomic E-state index is 0.0588. The van der Waals surface area contributed by atoms with E-state index in [1.165, 1.54) is 0 Å². The molecule has 5 rings (SSSR count). The number of hydrogen-bond acceptors (Lipinski definition) is 5. The maximum Gasteiger partial charge on any atom is 0.133 e. The van der Waals surface area contributed by atoms with Gasteiger partial charge >= 0.3 is 0 Å². The average molecular weight is 385 g/mol. The number of phenols is 1. The number of amidine groups is 1. The highest BCUT2D eigenvalue weighted by Gasteiger charge is 2.67. The molecule has 0 amide bonds. The van der Waals surface area contributed by atoms with Gasteiger partial charge < -0.3 is 20.7 Å². The topological polar surface area (TPSA) is 88.1 Å². The number of fused-ring (bicyclic) bond motifs is 5. The molecule has 1 aromatic rings. The van der Waals surface area contributed by atoms with E-state index in [1.54, 1.807) is 6.07 Å². The van der Waals surface area contributed by atoms with E-state index < -0.39 is 0 Å². The van der Waals surface area contributed by atoms with Gasteiger partial charge in [-0.25, -0.2) is 0 Å². The van der Waals surface area contributed by atoms with Crippen molar-refractivity contribution in [3.8, 4) is 11.5 Å². The molecule has 0 bridgehead atoms. The summed E-state index contributed by atoms with van der Waals surface area (Å²) in [6, 6.07) is 1.77. The average Bonchev–Trinajstić information content (AvgIpc) is 3.20. The Hall–Kier alpha value is -1.75. The second-order valence-electron chi connectivity index (χ2n) is 10.4. The van der Waals surface area contributed by atoms with Gasteiger partial charge in [0.25, 0.3) is 0 Å². The molecule has 152 valence electrons. The van der Waals surface area contributed by atoms with Gasteiger partial charge in [0.2, 0.25) is 0 Å². The second-order valence-corrected chi connectivity index (χ2v) is 10.4. The van der Waals surface area contributed by atoms with Crippen LogP contribution in [0.5, 0.6) is 11.5 Å². The number of aliphatic hydroxyl groups is 1. The van der Waals surface area contributed by atoms with Gasteiger partial charge in [0.15, 0.2) is 0 Å². The summed E-state index contributed by atoms with van der Waals surface area (Å²) in [6.45, 7) is 9.63. The zero-order valence-electron chi connectivity index (χ0n) is 17.4. The molecule has 0 radical (unpaired) electrons. The molecule has 2 heterocycles. The van der Waals surface area contributed by atoms with Crippen LogP contribution in [-0.2, 0) is 13.0 Å². The number of aromatic hydroxyl groups is 1. The van der Waals surface area contributed by atoms with Gasteiger partial charge in [-0.05, 0) is 49.0 Å². The van der Waals surface area contributed by atoms with Crippen LogP contribution in [0, 0.1) is 22.7 Å². The summed E-state index contributed by atoms with van der Waals surface area (Å²) in [5, 5.41) is 21.6. The van der Waals surface area contributed by atoms with Crippen LogP contribution >= 0.6 is 0 Å². The summed E-state index contributed by atoms with van der Waals surface area (Å²) >= 11 is 0. The molecule has 1 aromatic carbocycles. The first-order valence-corrected chi connectivity index (χ1v) is 10.7. The lowest BCUT2D eigenvalue weighted by molar-refractivity contribution is -0.210. The molecule has 1 spiro atoms. The number of benzene rings is 1. The van der Waals surface area contributed by atoms with Crippen LogP contribution in [0.4, 0.5) is 0 Å². The summed E-state index contributed by atoms with van der Waals surface area (Å²) in [5.74, 6) is 2.34. The maximum atomic E-state index is 10.8. The monoisotopic (exact) mass is 384 g/mol. The highest BCUT2D eigenvalue weighted by Crippen LogP contribution is 2.67. The molecular weight excluding hydrogens is 352 g/mol. The van der Waals surface area contributed by atoms with Gasteiger partial charge in [-0.3, -0.25) is 4.99 Å². The minimum atomic E-state index is -0.361. The molecule has 2 fully saturated rings. The van der Waals surface area contributed by atoms with Crippen molar-refractivity contribution in [3.63, 3.8) is 0 Å². The maximum absolute atomic E-state index is 10.8.